The van der Waals surface area contributed by atoms with Crippen LogP contribution in [0.2, 0.25) is 0 Å². The van der Waals surface area contributed by atoms with Gasteiger partial charge in [0.2, 0.25) is 0 Å². The number of fused-ring (bicyclic) bond motifs is 1. The Kier molecular flexibility index (Phi) is 4.34. The lowest BCUT2D eigenvalue weighted by Gasteiger charge is -2.35. The lowest BCUT2D eigenvalue weighted by atomic mass is 10.2. The summed E-state index contributed by atoms with van der Waals surface area (Å²) in [5, 5.41) is 1.86. The first-order valence-electron chi connectivity index (χ1n) is 8.29. The zero-order valence-electron chi connectivity index (χ0n) is 13.4. The number of aromatic nitrogens is 2. The Labute approximate surface area is 143 Å². The molecular weight excluding hydrogens is 328 g/mol. The van der Waals surface area contributed by atoms with Crippen LogP contribution < -0.4 is 5.56 Å². The van der Waals surface area contributed by atoms with E-state index in [1.807, 2.05) is 10.3 Å². The fourth-order valence-electron chi connectivity index (χ4n) is 3.30. The minimum atomic E-state index is -0.237. The van der Waals surface area contributed by atoms with E-state index in [0.29, 0.717) is 26.2 Å². The Balaban J connectivity index is 1.37. The van der Waals surface area contributed by atoms with E-state index in [-0.39, 0.29) is 17.6 Å². The molecule has 0 aromatic carbocycles. The van der Waals surface area contributed by atoms with E-state index in [2.05, 4.69) is 9.88 Å². The van der Waals surface area contributed by atoms with E-state index in [4.69, 9.17) is 4.74 Å². The third-order valence-electron chi connectivity index (χ3n) is 4.63. The zero-order chi connectivity index (χ0) is 16.5. The van der Waals surface area contributed by atoms with Crippen LogP contribution in [0.25, 0.3) is 4.96 Å². The largest absolute Gasteiger partial charge is 0.368 e. The van der Waals surface area contributed by atoms with Gasteiger partial charge >= 0.3 is 0 Å². The fourth-order valence-corrected chi connectivity index (χ4v) is 4.04. The predicted molar refractivity (Wildman–Crippen MR) is 90.2 cm³/mol. The summed E-state index contributed by atoms with van der Waals surface area (Å²) < 4.78 is 7.05. The van der Waals surface area contributed by atoms with Gasteiger partial charge in [-0.25, -0.2) is 4.98 Å². The maximum Gasteiger partial charge on any atom is 0.258 e. The topological polar surface area (TPSA) is 67.2 Å². The van der Waals surface area contributed by atoms with Crippen LogP contribution in [-0.4, -0.2) is 64.0 Å². The van der Waals surface area contributed by atoms with Crippen molar-refractivity contribution in [2.45, 2.75) is 25.5 Å². The zero-order valence-corrected chi connectivity index (χ0v) is 14.2. The smallest absolute Gasteiger partial charge is 0.258 e. The average molecular weight is 348 g/mol. The van der Waals surface area contributed by atoms with Gasteiger partial charge in [0.25, 0.3) is 11.5 Å². The minimum Gasteiger partial charge on any atom is -0.368 e. The Hall–Kier alpha value is -1.77. The van der Waals surface area contributed by atoms with E-state index < -0.39 is 0 Å². The second-order valence-electron chi connectivity index (χ2n) is 6.24. The van der Waals surface area contributed by atoms with Crippen LogP contribution in [0.3, 0.4) is 0 Å². The van der Waals surface area contributed by atoms with Crippen molar-refractivity contribution in [1.82, 2.24) is 19.2 Å². The van der Waals surface area contributed by atoms with Crippen LogP contribution in [0.1, 0.15) is 18.5 Å². The van der Waals surface area contributed by atoms with Crippen LogP contribution in [0, 0.1) is 0 Å². The summed E-state index contributed by atoms with van der Waals surface area (Å²) in [5.41, 5.74) is 0.754. The van der Waals surface area contributed by atoms with Crippen LogP contribution in [0.4, 0.5) is 0 Å². The van der Waals surface area contributed by atoms with Crippen molar-refractivity contribution in [3.63, 3.8) is 0 Å². The van der Waals surface area contributed by atoms with Crippen molar-refractivity contribution in [3.8, 4) is 0 Å². The summed E-state index contributed by atoms with van der Waals surface area (Å²) in [6.45, 7) is 4.35. The number of hydrogen-bond acceptors (Lipinski definition) is 6. The van der Waals surface area contributed by atoms with Crippen molar-refractivity contribution in [1.29, 1.82) is 0 Å². The number of amides is 1. The normalized spacial score (nSPS) is 22.3. The lowest BCUT2D eigenvalue weighted by Crippen LogP contribution is -2.51. The molecule has 4 heterocycles. The Morgan fingerprint density at radius 3 is 2.92 bits per heavy atom. The van der Waals surface area contributed by atoms with Crippen molar-refractivity contribution in [2.24, 2.45) is 0 Å². The van der Waals surface area contributed by atoms with Gasteiger partial charge in [-0.05, 0) is 12.8 Å². The molecule has 2 aliphatic rings. The first-order valence-corrected chi connectivity index (χ1v) is 9.17. The van der Waals surface area contributed by atoms with Crippen molar-refractivity contribution in [2.75, 3.05) is 32.8 Å². The van der Waals surface area contributed by atoms with E-state index >= 15 is 0 Å². The monoisotopic (exact) mass is 348 g/mol. The van der Waals surface area contributed by atoms with E-state index in [1.54, 1.807) is 16.7 Å². The molecule has 4 rings (SSSR count). The molecule has 2 fully saturated rings. The van der Waals surface area contributed by atoms with Crippen molar-refractivity contribution >= 4 is 22.2 Å². The second kappa shape index (κ2) is 6.62. The number of ether oxygens (including phenoxy) is 1. The SMILES string of the molecule is O=C(C1CCCO1)N1CCN(Cc2cc(=O)n3ccsc3n2)CC1. The summed E-state index contributed by atoms with van der Waals surface area (Å²) in [7, 11) is 0. The molecule has 2 saturated heterocycles. The number of carbonyl (C=O) groups is 1. The van der Waals surface area contributed by atoms with Gasteiger partial charge in [-0.1, -0.05) is 0 Å². The highest BCUT2D eigenvalue weighted by molar-refractivity contribution is 7.15. The first-order chi connectivity index (χ1) is 11.7. The number of hydrogen-bond donors (Lipinski definition) is 0. The first kappa shape index (κ1) is 15.7. The van der Waals surface area contributed by atoms with Crippen LogP contribution >= 0.6 is 11.3 Å². The molecule has 1 unspecified atom stereocenters. The molecule has 2 aliphatic heterocycles. The lowest BCUT2D eigenvalue weighted by molar-refractivity contribution is -0.142. The molecule has 2 aromatic rings. The molecule has 1 amide bonds. The molecule has 0 bridgehead atoms. The van der Waals surface area contributed by atoms with Gasteiger partial charge in [-0.15, -0.1) is 11.3 Å². The highest BCUT2D eigenvalue weighted by Crippen LogP contribution is 2.16. The second-order valence-corrected chi connectivity index (χ2v) is 7.12. The Morgan fingerprint density at radius 1 is 1.33 bits per heavy atom. The third-order valence-corrected chi connectivity index (χ3v) is 5.39. The van der Waals surface area contributed by atoms with Crippen LogP contribution in [0.5, 0.6) is 0 Å². The molecule has 24 heavy (non-hydrogen) atoms. The molecule has 0 aliphatic carbocycles. The summed E-state index contributed by atoms with van der Waals surface area (Å²) in [6.07, 6.45) is 3.32. The molecule has 1 atom stereocenters. The number of nitrogens with zero attached hydrogens (tertiary/aromatic N) is 4. The van der Waals surface area contributed by atoms with Gasteiger partial charge in [-0.3, -0.25) is 18.9 Å². The van der Waals surface area contributed by atoms with Gasteiger partial charge in [0, 0.05) is 57.0 Å². The minimum absolute atomic E-state index is 0.0385. The molecule has 0 spiro atoms. The van der Waals surface area contributed by atoms with E-state index in [0.717, 1.165) is 36.6 Å². The van der Waals surface area contributed by atoms with Crippen LogP contribution in [0.15, 0.2) is 22.4 Å². The van der Waals surface area contributed by atoms with Gasteiger partial charge in [-0.2, -0.15) is 0 Å². The highest BCUT2D eigenvalue weighted by Gasteiger charge is 2.30. The highest BCUT2D eigenvalue weighted by atomic mass is 32.1. The molecule has 0 radical (unpaired) electrons. The molecule has 2 aromatic heterocycles. The summed E-state index contributed by atoms with van der Waals surface area (Å²) in [5.74, 6) is 0.128. The average Bonchev–Trinajstić information content (AvgIpc) is 3.26. The van der Waals surface area contributed by atoms with Crippen LogP contribution in [-0.2, 0) is 16.1 Å². The molecule has 0 saturated carbocycles. The van der Waals surface area contributed by atoms with Crippen molar-refractivity contribution in [3.05, 3.63) is 33.7 Å². The van der Waals surface area contributed by atoms with Gasteiger partial charge < -0.3 is 9.64 Å². The predicted octanol–water partition coefficient (Wildman–Crippen LogP) is 0.579. The number of rotatable bonds is 3. The third kappa shape index (κ3) is 3.09. The fraction of sp³-hybridized carbons (Fsp3) is 0.562. The number of thiazole rings is 1. The van der Waals surface area contributed by atoms with E-state index in [9.17, 15) is 9.59 Å². The maximum atomic E-state index is 12.4. The summed E-state index contributed by atoms with van der Waals surface area (Å²) in [4.78, 5) is 33.8. The Bertz CT molecular complexity index is 788. The van der Waals surface area contributed by atoms with Gasteiger partial charge in [0.05, 0.1) is 5.69 Å². The number of piperazine rings is 1. The van der Waals surface area contributed by atoms with E-state index in [1.165, 1.54) is 11.3 Å². The Morgan fingerprint density at radius 2 is 2.17 bits per heavy atom. The summed E-state index contributed by atoms with van der Waals surface area (Å²) in [6, 6.07) is 1.60. The standard InChI is InChI=1S/C16H20N4O3S/c21-14-10-12(17-16-20(14)7-9-24-16)11-18-3-5-19(6-4-18)15(22)13-2-1-8-23-13/h7,9-10,13H,1-6,8,11H2. The van der Waals surface area contributed by atoms with Crippen molar-refractivity contribution < 1.29 is 9.53 Å². The molecular formula is C16H20N4O3S. The maximum absolute atomic E-state index is 12.4. The van der Waals surface area contributed by atoms with Gasteiger partial charge in [0.1, 0.15) is 6.10 Å². The molecule has 7 nitrogen and oxygen atoms in total. The quantitative estimate of drug-likeness (QED) is 0.812. The molecule has 128 valence electrons. The molecule has 8 heteroatoms. The molecule has 0 N–H and O–H groups in total. The van der Waals surface area contributed by atoms with Gasteiger partial charge in [0.15, 0.2) is 4.96 Å². The number of carbonyl (C=O) groups excluding carboxylic acids is 1. The summed E-state index contributed by atoms with van der Waals surface area (Å²) >= 11 is 1.46.